The standard InChI is InChI=1S/C17H17NOS/c1-14-6-4-8-16(12-14)20-11-5-10-19-17-9-3-2-7-15(17)13-18/h2-4,6-9,12H,5,10-11H2,1H3. The largest absolute Gasteiger partial charge is 0.492 e. The van der Waals surface area contributed by atoms with E-state index >= 15 is 0 Å². The number of ether oxygens (including phenoxy) is 1. The van der Waals surface area contributed by atoms with Crippen molar-refractivity contribution in [2.45, 2.75) is 18.2 Å². The fourth-order valence-electron chi connectivity index (χ4n) is 1.82. The van der Waals surface area contributed by atoms with Crippen LogP contribution in [0, 0.1) is 18.3 Å². The van der Waals surface area contributed by atoms with Gasteiger partial charge in [0.05, 0.1) is 12.2 Å². The van der Waals surface area contributed by atoms with Crippen LogP contribution in [-0.4, -0.2) is 12.4 Å². The van der Waals surface area contributed by atoms with E-state index in [9.17, 15) is 0 Å². The molecule has 0 bridgehead atoms. The Morgan fingerprint density at radius 3 is 2.80 bits per heavy atom. The van der Waals surface area contributed by atoms with Gasteiger partial charge in [0, 0.05) is 10.6 Å². The van der Waals surface area contributed by atoms with Gasteiger partial charge in [-0.2, -0.15) is 5.26 Å². The molecule has 0 aliphatic heterocycles. The Morgan fingerprint density at radius 1 is 1.15 bits per heavy atom. The average Bonchev–Trinajstić information content (AvgIpc) is 2.47. The van der Waals surface area contributed by atoms with Crippen LogP contribution in [0.2, 0.25) is 0 Å². The van der Waals surface area contributed by atoms with Crippen molar-refractivity contribution in [1.29, 1.82) is 5.26 Å². The number of benzene rings is 2. The quantitative estimate of drug-likeness (QED) is 0.581. The molecule has 0 amide bonds. The topological polar surface area (TPSA) is 33.0 Å². The van der Waals surface area contributed by atoms with Crippen molar-refractivity contribution in [2.24, 2.45) is 0 Å². The molecule has 20 heavy (non-hydrogen) atoms. The summed E-state index contributed by atoms with van der Waals surface area (Å²) < 4.78 is 5.65. The van der Waals surface area contributed by atoms with E-state index in [-0.39, 0.29) is 0 Å². The van der Waals surface area contributed by atoms with E-state index in [1.807, 2.05) is 30.0 Å². The van der Waals surface area contributed by atoms with Gasteiger partial charge in [-0.3, -0.25) is 0 Å². The summed E-state index contributed by atoms with van der Waals surface area (Å²) in [5.74, 6) is 1.69. The lowest BCUT2D eigenvalue weighted by Gasteiger charge is -2.07. The van der Waals surface area contributed by atoms with Crippen LogP contribution in [0.25, 0.3) is 0 Å². The number of nitrogens with zero attached hydrogens (tertiary/aromatic N) is 1. The summed E-state index contributed by atoms with van der Waals surface area (Å²) in [6.07, 6.45) is 0.957. The molecule has 0 saturated heterocycles. The molecule has 102 valence electrons. The van der Waals surface area contributed by atoms with Crippen molar-refractivity contribution >= 4 is 11.8 Å². The van der Waals surface area contributed by atoms with Gasteiger partial charge in [0.25, 0.3) is 0 Å². The Morgan fingerprint density at radius 2 is 2.00 bits per heavy atom. The predicted molar refractivity (Wildman–Crippen MR) is 83.2 cm³/mol. The van der Waals surface area contributed by atoms with Crippen LogP contribution in [-0.2, 0) is 0 Å². The fourth-order valence-corrected chi connectivity index (χ4v) is 2.76. The Kier molecular flexibility index (Phi) is 5.52. The first-order valence-corrected chi connectivity index (χ1v) is 7.59. The molecule has 0 heterocycles. The molecule has 0 spiro atoms. The van der Waals surface area contributed by atoms with Crippen molar-refractivity contribution in [1.82, 2.24) is 0 Å². The molecule has 2 aromatic rings. The van der Waals surface area contributed by atoms with Crippen LogP contribution in [0.1, 0.15) is 17.5 Å². The Hall–Kier alpha value is -1.92. The molecule has 0 unspecified atom stereocenters. The molecular formula is C17H17NOS. The Labute approximate surface area is 124 Å². The molecule has 3 heteroatoms. The van der Waals surface area contributed by atoms with E-state index in [2.05, 4.69) is 37.3 Å². The minimum atomic E-state index is 0.596. The van der Waals surface area contributed by atoms with Crippen molar-refractivity contribution in [3.8, 4) is 11.8 Å². The minimum Gasteiger partial charge on any atom is -0.492 e. The second-order valence-electron chi connectivity index (χ2n) is 4.47. The molecule has 2 aromatic carbocycles. The van der Waals surface area contributed by atoms with Crippen molar-refractivity contribution in [3.63, 3.8) is 0 Å². The number of para-hydroxylation sites is 1. The Bertz CT molecular complexity index is 604. The minimum absolute atomic E-state index is 0.596. The average molecular weight is 283 g/mol. The lowest BCUT2D eigenvalue weighted by Crippen LogP contribution is -2.00. The Balaban J connectivity index is 1.73. The van der Waals surface area contributed by atoms with E-state index in [1.54, 1.807) is 6.07 Å². The summed E-state index contributed by atoms with van der Waals surface area (Å²) in [5.41, 5.74) is 1.88. The van der Waals surface area contributed by atoms with Crippen molar-refractivity contribution < 1.29 is 4.74 Å². The highest BCUT2D eigenvalue weighted by Crippen LogP contribution is 2.20. The first kappa shape index (κ1) is 14.5. The molecule has 0 radical (unpaired) electrons. The maximum Gasteiger partial charge on any atom is 0.137 e. The molecule has 2 rings (SSSR count). The summed E-state index contributed by atoms with van der Waals surface area (Å²) in [6, 6.07) is 18.0. The zero-order chi connectivity index (χ0) is 14.2. The maximum atomic E-state index is 8.96. The van der Waals surface area contributed by atoms with Crippen molar-refractivity contribution in [2.75, 3.05) is 12.4 Å². The third-order valence-corrected chi connectivity index (χ3v) is 3.89. The second kappa shape index (κ2) is 7.62. The summed E-state index contributed by atoms with van der Waals surface area (Å²) in [4.78, 5) is 1.29. The third kappa shape index (κ3) is 4.32. The highest BCUT2D eigenvalue weighted by molar-refractivity contribution is 7.99. The molecule has 0 aromatic heterocycles. The number of aryl methyl sites for hydroxylation is 1. The van der Waals surface area contributed by atoms with E-state index in [1.165, 1.54) is 10.5 Å². The van der Waals surface area contributed by atoms with Gasteiger partial charge in [-0.05, 0) is 37.6 Å². The number of hydrogen-bond acceptors (Lipinski definition) is 3. The molecule has 0 aliphatic rings. The van der Waals surface area contributed by atoms with Crippen LogP contribution < -0.4 is 4.74 Å². The summed E-state index contributed by atoms with van der Waals surface area (Å²) in [6.45, 7) is 2.74. The predicted octanol–water partition coefficient (Wildman–Crippen LogP) is 4.43. The number of hydrogen-bond donors (Lipinski definition) is 0. The van der Waals surface area contributed by atoms with Crippen LogP contribution in [0.4, 0.5) is 0 Å². The normalized spacial score (nSPS) is 10.0. The highest BCUT2D eigenvalue weighted by atomic mass is 32.2. The van der Waals surface area contributed by atoms with Gasteiger partial charge in [-0.15, -0.1) is 11.8 Å². The number of thioether (sulfide) groups is 1. The number of rotatable bonds is 6. The molecule has 0 aliphatic carbocycles. The van der Waals surface area contributed by atoms with Crippen molar-refractivity contribution in [3.05, 3.63) is 59.7 Å². The second-order valence-corrected chi connectivity index (χ2v) is 5.64. The van der Waals surface area contributed by atoms with Gasteiger partial charge in [0.15, 0.2) is 0 Å². The van der Waals surface area contributed by atoms with Crippen LogP contribution in [0.5, 0.6) is 5.75 Å². The summed E-state index contributed by atoms with van der Waals surface area (Å²) in [5, 5.41) is 8.96. The smallest absolute Gasteiger partial charge is 0.137 e. The van der Waals surface area contributed by atoms with Gasteiger partial charge < -0.3 is 4.74 Å². The highest BCUT2D eigenvalue weighted by Gasteiger charge is 2.01. The molecular weight excluding hydrogens is 266 g/mol. The fraction of sp³-hybridized carbons (Fsp3) is 0.235. The van der Waals surface area contributed by atoms with Gasteiger partial charge in [0.1, 0.15) is 11.8 Å². The zero-order valence-corrected chi connectivity index (χ0v) is 12.3. The van der Waals surface area contributed by atoms with Gasteiger partial charge in [-0.1, -0.05) is 29.8 Å². The van der Waals surface area contributed by atoms with Crippen LogP contribution in [0.15, 0.2) is 53.4 Å². The molecule has 0 atom stereocenters. The van der Waals surface area contributed by atoms with Crippen LogP contribution in [0.3, 0.4) is 0 Å². The molecule has 0 saturated carbocycles. The lowest BCUT2D eigenvalue weighted by atomic mass is 10.2. The van der Waals surface area contributed by atoms with Crippen LogP contribution >= 0.6 is 11.8 Å². The van der Waals surface area contributed by atoms with E-state index in [0.29, 0.717) is 17.9 Å². The van der Waals surface area contributed by atoms with Gasteiger partial charge in [-0.25, -0.2) is 0 Å². The zero-order valence-electron chi connectivity index (χ0n) is 11.5. The van der Waals surface area contributed by atoms with E-state index in [0.717, 1.165) is 12.2 Å². The van der Waals surface area contributed by atoms with E-state index < -0.39 is 0 Å². The molecule has 0 fully saturated rings. The monoisotopic (exact) mass is 283 g/mol. The molecule has 0 N–H and O–H groups in total. The summed E-state index contributed by atoms with van der Waals surface area (Å²) >= 11 is 1.83. The lowest BCUT2D eigenvalue weighted by molar-refractivity contribution is 0.318. The first-order valence-electron chi connectivity index (χ1n) is 6.61. The first-order chi connectivity index (χ1) is 9.79. The third-order valence-electron chi connectivity index (χ3n) is 2.81. The van der Waals surface area contributed by atoms with Gasteiger partial charge in [0.2, 0.25) is 0 Å². The van der Waals surface area contributed by atoms with Gasteiger partial charge >= 0.3 is 0 Å². The van der Waals surface area contributed by atoms with E-state index in [4.69, 9.17) is 10.00 Å². The SMILES string of the molecule is Cc1cccc(SCCCOc2ccccc2C#N)c1. The maximum absolute atomic E-state index is 8.96. The molecule has 2 nitrogen and oxygen atoms in total. The summed E-state index contributed by atoms with van der Waals surface area (Å²) in [7, 11) is 0. The number of nitriles is 1.